The predicted octanol–water partition coefficient (Wildman–Crippen LogP) is 4.22. The van der Waals surface area contributed by atoms with Crippen molar-refractivity contribution in [2.75, 3.05) is 0 Å². The van der Waals surface area contributed by atoms with Gasteiger partial charge in [-0.25, -0.2) is 4.98 Å². The lowest BCUT2D eigenvalue weighted by molar-refractivity contribution is 0.880. The first kappa shape index (κ1) is 13.9. The molecule has 0 fully saturated rings. The normalized spacial score (nSPS) is 10.7. The fourth-order valence-electron chi connectivity index (χ4n) is 2.43. The number of H-pyrrole nitrogens is 1. The van der Waals surface area contributed by atoms with Crippen LogP contribution in [0.4, 0.5) is 0 Å². The molecular formula is C16H20N2S. The van der Waals surface area contributed by atoms with Crippen molar-refractivity contribution in [2.24, 2.45) is 0 Å². The van der Waals surface area contributed by atoms with E-state index in [1.165, 1.54) is 22.4 Å². The van der Waals surface area contributed by atoms with E-state index in [0.29, 0.717) is 0 Å². The van der Waals surface area contributed by atoms with E-state index in [0.717, 1.165) is 28.9 Å². The lowest BCUT2D eigenvalue weighted by Gasteiger charge is -2.09. The van der Waals surface area contributed by atoms with Gasteiger partial charge in [-0.15, -0.1) is 0 Å². The molecule has 0 aliphatic rings. The fourth-order valence-corrected chi connectivity index (χ4v) is 2.67. The number of rotatable bonds is 3. The molecule has 0 aliphatic heterocycles. The second kappa shape index (κ2) is 5.66. The van der Waals surface area contributed by atoms with E-state index in [-0.39, 0.29) is 0 Å². The van der Waals surface area contributed by atoms with Crippen LogP contribution in [-0.2, 0) is 12.8 Å². The minimum atomic E-state index is 0.718. The van der Waals surface area contributed by atoms with Crippen molar-refractivity contribution in [2.45, 2.75) is 40.5 Å². The van der Waals surface area contributed by atoms with E-state index >= 15 is 0 Å². The zero-order chi connectivity index (χ0) is 14.0. The lowest BCUT2D eigenvalue weighted by Crippen LogP contribution is -2.04. The van der Waals surface area contributed by atoms with Gasteiger partial charge in [-0.3, -0.25) is 0 Å². The molecule has 3 heteroatoms. The van der Waals surface area contributed by atoms with Gasteiger partial charge in [-0.2, -0.15) is 0 Å². The number of hydrogen-bond acceptors (Lipinski definition) is 2. The number of benzene rings is 1. The quantitative estimate of drug-likeness (QED) is 0.848. The minimum absolute atomic E-state index is 0.718. The largest absolute Gasteiger partial charge is 0.347 e. The highest BCUT2D eigenvalue weighted by Gasteiger charge is 2.05. The Morgan fingerprint density at radius 3 is 2.32 bits per heavy atom. The maximum absolute atomic E-state index is 5.33. The average Bonchev–Trinajstić information content (AvgIpc) is 2.32. The van der Waals surface area contributed by atoms with Crippen molar-refractivity contribution in [3.8, 4) is 0 Å². The molecule has 0 bridgehead atoms. The van der Waals surface area contributed by atoms with Crippen LogP contribution in [0.25, 0.3) is 0 Å². The van der Waals surface area contributed by atoms with E-state index in [2.05, 4.69) is 48.9 Å². The Bertz CT molecular complexity index is 636. The summed E-state index contributed by atoms with van der Waals surface area (Å²) in [6.45, 7) is 8.41. The number of aromatic nitrogens is 2. The Hall–Kier alpha value is -1.48. The van der Waals surface area contributed by atoms with Gasteiger partial charge in [0.25, 0.3) is 0 Å². The molecule has 2 nitrogen and oxygen atoms in total. The molecular weight excluding hydrogens is 252 g/mol. The maximum atomic E-state index is 5.33. The van der Waals surface area contributed by atoms with Crippen molar-refractivity contribution in [1.29, 1.82) is 0 Å². The van der Waals surface area contributed by atoms with Gasteiger partial charge in [0.05, 0.1) is 0 Å². The molecule has 2 aromatic rings. The van der Waals surface area contributed by atoms with Gasteiger partial charge in [0, 0.05) is 17.7 Å². The number of hydrogen-bond donors (Lipinski definition) is 1. The average molecular weight is 272 g/mol. The maximum Gasteiger partial charge on any atom is 0.132 e. The van der Waals surface area contributed by atoms with Crippen LogP contribution in [0.15, 0.2) is 18.2 Å². The van der Waals surface area contributed by atoms with Gasteiger partial charge in [-0.1, -0.05) is 48.5 Å². The van der Waals surface area contributed by atoms with Crippen LogP contribution < -0.4 is 0 Å². The lowest BCUT2D eigenvalue weighted by atomic mass is 10.0. The topological polar surface area (TPSA) is 28.7 Å². The van der Waals surface area contributed by atoms with E-state index in [1.54, 1.807) is 0 Å². The Kier molecular flexibility index (Phi) is 4.15. The summed E-state index contributed by atoms with van der Waals surface area (Å²) in [4.78, 5) is 7.91. The second-order valence-electron chi connectivity index (χ2n) is 5.12. The summed E-state index contributed by atoms with van der Waals surface area (Å²) in [7, 11) is 0. The zero-order valence-corrected chi connectivity index (χ0v) is 12.8. The van der Waals surface area contributed by atoms with Crippen molar-refractivity contribution >= 4 is 12.2 Å². The first-order chi connectivity index (χ1) is 8.99. The molecule has 0 unspecified atom stereocenters. The Labute approximate surface area is 119 Å². The van der Waals surface area contributed by atoms with E-state index in [9.17, 15) is 0 Å². The summed E-state index contributed by atoms with van der Waals surface area (Å²) in [6, 6.07) is 6.60. The van der Waals surface area contributed by atoms with Crippen molar-refractivity contribution in [1.82, 2.24) is 9.97 Å². The zero-order valence-electron chi connectivity index (χ0n) is 12.0. The van der Waals surface area contributed by atoms with Crippen LogP contribution in [-0.4, -0.2) is 9.97 Å². The van der Waals surface area contributed by atoms with E-state index < -0.39 is 0 Å². The van der Waals surface area contributed by atoms with Crippen molar-refractivity contribution in [3.05, 3.63) is 56.6 Å². The molecule has 0 saturated heterocycles. The molecule has 0 amide bonds. The fraction of sp³-hybridized carbons (Fsp3) is 0.375. The molecule has 0 spiro atoms. The van der Waals surface area contributed by atoms with Gasteiger partial charge >= 0.3 is 0 Å². The van der Waals surface area contributed by atoms with Gasteiger partial charge in [-0.05, 0) is 32.8 Å². The van der Waals surface area contributed by atoms with Gasteiger partial charge in [0.2, 0.25) is 0 Å². The SMILES string of the molecule is CCc1[nH]c(Cc2cc(C)cc(C)c2)nc(=S)c1C. The predicted molar refractivity (Wildman–Crippen MR) is 82.3 cm³/mol. The highest BCUT2D eigenvalue weighted by Crippen LogP contribution is 2.14. The number of aryl methyl sites for hydroxylation is 3. The van der Waals surface area contributed by atoms with Crippen LogP contribution in [0.5, 0.6) is 0 Å². The summed E-state index contributed by atoms with van der Waals surface area (Å²) >= 11 is 5.33. The summed E-state index contributed by atoms with van der Waals surface area (Å²) < 4.78 is 0.718. The van der Waals surface area contributed by atoms with Crippen LogP contribution >= 0.6 is 12.2 Å². The summed E-state index contributed by atoms with van der Waals surface area (Å²) in [5.41, 5.74) is 6.15. The standard InChI is InChI=1S/C16H20N2S/c1-5-14-12(4)16(19)18-15(17-14)9-13-7-10(2)6-11(3)8-13/h6-8H,5,9H2,1-4H3,(H,17,18,19). The minimum Gasteiger partial charge on any atom is -0.347 e. The third-order valence-corrected chi connectivity index (χ3v) is 3.71. The molecule has 19 heavy (non-hydrogen) atoms. The molecule has 1 N–H and O–H groups in total. The molecule has 0 radical (unpaired) electrons. The molecule has 1 aromatic carbocycles. The third-order valence-electron chi connectivity index (χ3n) is 3.31. The smallest absolute Gasteiger partial charge is 0.132 e. The Morgan fingerprint density at radius 2 is 1.74 bits per heavy atom. The van der Waals surface area contributed by atoms with Gasteiger partial charge in [0.1, 0.15) is 10.5 Å². The molecule has 2 rings (SSSR count). The third kappa shape index (κ3) is 3.29. The van der Waals surface area contributed by atoms with Gasteiger partial charge in [0.15, 0.2) is 0 Å². The highest BCUT2D eigenvalue weighted by atomic mass is 32.1. The van der Waals surface area contributed by atoms with Crippen molar-refractivity contribution < 1.29 is 0 Å². The number of nitrogens with one attached hydrogen (secondary N) is 1. The van der Waals surface area contributed by atoms with Crippen molar-refractivity contribution in [3.63, 3.8) is 0 Å². The molecule has 0 atom stereocenters. The van der Waals surface area contributed by atoms with Gasteiger partial charge < -0.3 is 4.98 Å². The number of nitrogens with zero attached hydrogens (tertiary/aromatic N) is 1. The number of aromatic amines is 1. The summed E-state index contributed by atoms with van der Waals surface area (Å²) in [5.74, 6) is 0.956. The van der Waals surface area contributed by atoms with Crippen LogP contribution in [0, 0.1) is 25.4 Å². The first-order valence-electron chi connectivity index (χ1n) is 6.65. The first-order valence-corrected chi connectivity index (χ1v) is 7.06. The molecule has 1 heterocycles. The Morgan fingerprint density at radius 1 is 1.11 bits per heavy atom. The molecule has 0 aliphatic carbocycles. The van der Waals surface area contributed by atoms with Crippen LogP contribution in [0.3, 0.4) is 0 Å². The summed E-state index contributed by atoms with van der Waals surface area (Å²) in [5, 5.41) is 0. The second-order valence-corrected chi connectivity index (χ2v) is 5.51. The van der Waals surface area contributed by atoms with Crippen LogP contribution in [0.1, 0.15) is 40.7 Å². The van der Waals surface area contributed by atoms with Crippen LogP contribution in [0.2, 0.25) is 0 Å². The summed E-state index contributed by atoms with van der Waals surface area (Å²) in [6.07, 6.45) is 1.76. The van der Waals surface area contributed by atoms with E-state index in [1.807, 2.05) is 6.92 Å². The highest BCUT2D eigenvalue weighted by molar-refractivity contribution is 7.71. The van der Waals surface area contributed by atoms with E-state index in [4.69, 9.17) is 12.2 Å². The molecule has 0 saturated carbocycles. The monoisotopic (exact) mass is 272 g/mol. The Balaban J connectivity index is 2.38. The molecule has 100 valence electrons. The molecule has 1 aromatic heterocycles.